The van der Waals surface area contributed by atoms with Gasteiger partial charge in [-0.3, -0.25) is 9.59 Å². The van der Waals surface area contributed by atoms with Crippen LogP contribution in [0.15, 0.2) is 48.5 Å². The highest BCUT2D eigenvalue weighted by molar-refractivity contribution is 5.91. The van der Waals surface area contributed by atoms with Crippen LogP contribution >= 0.6 is 0 Å². The van der Waals surface area contributed by atoms with Crippen molar-refractivity contribution < 1.29 is 14.0 Å². The lowest BCUT2D eigenvalue weighted by Gasteiger charge is -2.21. The molecule has 0 saturated heterocycles. The molecule has 0 unspecified atom stereocenters. The first-order valence-corrected chi connectivity index (χ1v) is 7.79. The summed E-state index contributed by atoms with van der Waals surface area (Å²) in [7, 11) is 0. The summed E-state index contributed by atoms with van der Waals surface area (Å²) in [4.78, 5) is 25.3. The smallest absolute Gasteiger partial charge is 0.224 e. The number of halogens is 1. The summed E-state index contributed by atoms with van der Waals surface area (Å²) < 4.78 is 12.8. The molecule has 0 aliphatic rings. The van der Waals surface area contributed by atoms with Gasteiger partial charge in [0.2, 0.25) is 11.8 Å². The predicted molar refractivity (Wildman–Crippen MR) is 92.3 cm³/mol. The second-order valence-corrected chi connectivity index (χ2v) is 5.49. The van der Waals surface area contributed by atoms with E-state index in [4.69, 9.17) is 5.26 Å². The zero-order valence-corrected chi connectivity index (χ0v) is 13.8. The van der Waals surface area contributed by atoms with Crippen LogP contribution in [-0.2, 0) is 16.0 Å². The number of nitrogens with zero attached hydrogens (tertiary/aromatic N) is 2. The van der Waals surface area contributed by atoms with Crippen LogP contribution in [0.25, 0.3) is 0 Å². The Balaban J connectivity index is 1.91. The van der Waals surface area contributed by atoms with Gasteiger partial charge in [-0.25, -0.2) is 4.39 Å². The molecular formula is C19H18FN3O2. The van der Waals surface area contributed by atoms with Gasteiger partial charge in [0.25, 0.3) is 0 Å². The summed E-state index contributed by atoms with van der Waals surface area (Å²) in [6.07, 6.45) is 0.143. The van der Waals surface area contributed by atoms with Gasteiger partial charge in [0.05, 0.1) is 18.1 Å². The van der Waals surface area contributed by atoms with Gasteiger partial charge >= 0.3 is 0 Å². The highest BCUT2D eigenvalue weighted by Gasteiger charge is 2.12. The monoisotopic (exact) mass is 339 g/mol. The average Bonchev–Trinajstić information content (AvgIpc) is 2.60. The molecule has 0 fully saturated rings. The van der Waals surface area contributed by atoms with Gasteiger partial charge in [-0.15, -0.1) is 0 Å². The second-order valence-electron chi connectivity index (χ2n) is 5.49. The lowest BCUT2D eigenvalue weighted by atomic mass is 10.1. The number of carbonyl (C=O) groups excluding carboxylic acids is 2. The number of carbonyl (C=O) groups is 2. The van der Waals surface area contributed by atoms with Gasteiger partial charge in [-0.05, 0) is 35.9 Å². The molecule has 1 N–H and O–H groups in total. The van der Waals surface area contributed by atoms with Gasteiger partial charge in [-0.2, -0.15) is 5.26 Å². The quantitative estimate of drug-likeness (QED) is 0.878. The van der Waals surface area contributed by atoms with Crippen molar-refractivity contribution in [1.82, 2.24) is 5.32 Å². The molecule has 6 heteroatoms. The standard InChI is InChI=1S/C19H18FN3O2/c1-14(24)23(18-4-2-3-16(11-18)13-21)10-9-22-19(25)12-15-5-7-17(20)8-6-15/h2-8,11H,9-10,12H2,1H3,(H,22,25). The molecule has 0 aliphatic heterocycles. The Morgan fingerprint density at radius 3 is 2.56 bits per heavy atom. The molecule has 2 amide bonds. The van der Waals surface area contributed by atoms with E-state index in [0.717, 1.165) is 0 Å². The number of amides is 2. The number of hydrogen-bond acceptors (Lipinski definition) is 3. The topological polar surface area (TPSA) is 73.2 Å². The molecule has 2 rings (SSSR count). The van der Waals surface area contributed by atoms with Crippen molar-refractivity contribution >= 4 is 17.5 Å². The Morgan fingerprint density at radius 1 is 1.20 bits per heavy atom. The maximum atomic E-state index is 12.8. The van der Waals surface area contributed by atoms with E-state index in [9.17, 15) is 14.0 Å². The van der Waals surface area contributed by atoms with Crippen molar-refractivity contribution in [1.29, 1.82) is 5.26 Å². The fourth-order valence-corrected chi connectivity index (χ4v) is 2.37. The van der Waals surface area contributed by atoms with Gasteiger partial charge < -0.3 is 10.2 Å². The molecule has 2 aromatic carbocycles. The number of nitrogens with one attached hydrogen (secondary N) is 1. The van der Waals surface area contributed by atoms with Gasteiger partial charge in [0, 0.05) is 25.7 Å². The first-order chi connectivity index (χ1) is 12.0. The first kappa shape index (κ1) is 18.1. The Labute approximate surface area is 145 Å². The molecule has 128 valence electrons. The highest BCUT2D eigenvalue weighted by Crippen LogP contribution is 2.15. The number of nitriles is 1. The molecule has 25 heavy (non-hydrogen) atoms. The maximum Gasteiger partial charge on any atom is 0.224 e. The summed E-state index contributed by atoms with van der Waals surface area (Å²) in [5.74, 6) is -0.732. The number of rotatable bonds is 6. The van der Waals surface area contributed by atoms with Crippen LogP contribution in [0.4, 0.5) is 10.1 Å². The van der Waals surface area contributed by atoms with Crippen molar-refractivity contribution in [3.8, 4) is 6.07 Å². The lowest BCUT2D eigenvalue weighted by Crippen LogP contribution is -2.38. The van der Waals surface area contributed by atoms with Crippen LogP contribution < -0.4 is 10.2 Å². The van der Waals surface area contributed by atoms with Crippen LogP contribution in [0.2, 0.25) is 0 Å². The van der Waals surface area contributed by atoms with E-state index in [0.29, 0.717) is 23.4 Å². The minimum atomic E-state index is -0.346. The van der Waals surface area contributed by atoms with Gasteiger partial charge in [0.1, 0.15) is 5.82 Å². The summed E-state index contributed by atoms with van der Waals surface area (Å²) >= 11 is 0. The summed E-state index contributed by atoms with van der Waals surface area (Å²) in [6.45, 7) is 2.00. The van der Waals surface area contributed by atoms with Crippen molar-refractivity contribution in [3.63, 3.8) is 0 Å². The summed E-state index contributed by atoms with van der Waals surface area (Å²) in [6, 6.07) is 14.5. The van der Waals surface area contributed by atoms with Gasteiger partial charge in [-0.1, -0.05) is 18.2 Å². The molecule has 0 aromatic heterocycles. The van der Waals surface area contributed by atoms with Crippen LogP contribution in [0, 0.1) is 17.1 Å². The van der Waals surface area contributed by atoms with E-state index < -0.39 is 0 Å². The van der Waals surface area contributed by atoms with Crippen molar-refractivity contribution in [2.24, 2.45) is 0 Å². The minimum Gasteiger partial charge on any atom is -0.354 e. The van der Waals surface area contributed by atoms with E-state index in [1.807, 2.05) is 6.07 Å². The summed E-state index contributed by atoms with van der Waals surface area (Å²) in [5, 5.41) is 11.7. The molecule has 2 aromatic rings. The Kier molecular flexibility index (Phi) is 6.24. The third-order valence-electron chi connectivity index (χ3n) is 3.60. The predicted octanol–water partition coefficient (Wildman–Crippen LogP) is 2.41. The minimum absolute atomic E-state index is 0.143. The largest absolute Gasteiger partial charge is 0.354 e. The van der Waals surface area contributed by atoms with Crippen LogP contribution in [0.5, 0.6) is 0 Å². The third-order valence-corrected chi connectivity index (χ3v) is 3.60. The molecule has 0 saturated carbocycles. The van der Waals surface area contributed by atoms with Crippen LogP contribution in [0.1, 0.15) is 18.1 Å². The van der Waals surface area contributed by atoms with Crippen molar-refractivity contribution in [2.45, 2.75) is 13.3 Å². The van der Waals surface area contributed by atoms with Gasteiger partial charge in [0.15, 0.2) is 0 Å². The van der Waals surface area contributed by atoms with E-state index in [-0.39, 0.29) is 30.6 Å². The molecular weight excluding hydrogens is 321 g/mol. The average molecular weight is 339 g/mol. The molecule has 5 nitrogen and oxygen atoms in total. The molecule has 0 atom stereocenters. The number of anilines is 1. The van der Waals surface area contributed by atoms with E-state index in [2.05, 4.69) is 5.32 Å². The maximum absolute atomic E-state index is 12.8. The fourth-order valence-electron chi connectivity index (χ4n) is 2.37. The SMILES string of the molecule is CC(=O)N(CCNC(=O)Cc1ccc(F)cc1)c1cccc(C#N)c1. The zero-order valence-electron chi connectivity index (χ0n) is 13.8. The molecule has 0 aliphatic carbocycles. The van der Waals surface area contributed by atoms with Crippen LogP contribution in [-0.4, -0.2) is 24.9 Å². The number of benzene rings is 2. The van der Waals surface area contributed by atoms with E-state index in [1.54, 1.807) is 36.4 Å². The molecule has 0 spiro atoms. The number of hydrogen-bond donors (Lipinski definition) is 1. The van der Waals surface area contributed by atoms with Crippen molar-refractivity contribution in [3.05, 3.63) is 65.5 Å². The lowest BCUT2D eigenvalue weighted by molar-refractivity contribution is -0.121. The van der Waals surface area contributed by atoms with E-state index in [1.165, 1.54) is 24.0 Å². The zero-order chi connectivity index (χ0) is 18.2. The third kappa shape index (κ3) is 5.43. The molecule has 0 heterocycles. The highest BCUT2D eigenvalue weighted by atomic mass is 19.1. The normalized spacial score (nSPS) is 9.96. The van der Waals surface area contributed by atoms with Crippen molar-refractivity contribution in [2.75, 3.05) is 18.0 Å². The second kappa shape index (κ2) is 8.60. The van der Waals surface area contributed by atoms with Crippen LogP contribution in [0.3, 0.4) is 0 Å². The Bertz CT molecular complexity index is 797. The fraction of sp³-hybridized carbons (Fsp3) is 0.211. The van der Waals surface area contributed by atoms with E-state index >= 15 is 0 Å². The Morgan fingerprint density at radius 2 is 1.92 bits per heavy atom. The molecule has 0 radical (unpaired) electrons. The Hall–Kier alpha value is -3.20. The summed E-state index contributed by atoms with van der Waals surface area (Å²) in [5.41, 5.74) is 1.78. The molecule has 0 bridgehead atoms. The first-order valence-electron chi connectivity index (χ1n) is 7.79.